The molecule has 1 fully saturated rings. The van der Waals surface area contributed by atoms with Crippen molar-refractivity contribution in [2.75, 3.05) is 12.8 Å². The highest BCUT2D eigenvalue weighted by atomic mass is 32.2. The molecule has 1 aliphatic heterocycles. The summed E-state index contributed by atoms with van der Waals surface area (Å²) in [4.78, 5) is 26.3. The van der Waals surface area contributed by atoms with Gasteiger partial charge in [-0.2, -0.15) is 5.06 Å². The average molecular weight is 352 g/mol. The molecule has 23 heavy (non-hydrogen) atoms. The van der Waals surface area contributed by atoms with E-state index in [1.54, 1.807) is 12.1 Å². The summed E-state index contributed by atoms with van der Waals surface area (Å²) in [6, 6.07) is 9.20. The highest BCUT2D eigenvalue weighted by Crippen LogP contribution is 2.37. The number of rotatable bonds is 3. The van der Waals surface area contributed by atoms with Gasteiger partial charge in [0, 0.05) is 0 Å². The lowest BCUT2D eigenvalue weighted by molar-refractivity contribution is -0.168. The fourth-order valence-corrected chi connectivity index (χ4v) is 4.07. The van der Waals surface area contributed by atoms with Crippen LogP contribution in [-0.2, 0) is 4.79 Å². The molecule has 1 unspecified atom stereocenters. The Morgan fingerprint density at radius 1 is 1.35 bits per heavy atom. The van der Waals surface area contributed by atoms with Gasteiger partial charge in [-0.05, 0) is 30.5 Å². The second-order valence-electron chi connectivity index (χ2n) is 4.89. The number of hydroxylamine groups is 2. The van der Waals surface area contributed by atoms with E-state index in [-0.39, 0.29) is 12.1 Å². The molecule has 1 aromatic carbocycles. The number of hydrogen-bond donors (Lipinski definition) is 1. The molecular weight excluding hydrogens is 339 g/mol. The average Bonchev–Trinajstić information content (AvgIpc) is 3.12. The van der Waals surface area contributed by atoms with Crippen LogP contribution in [0.15, 0.2) is 40.6 Å². The summed E-state index contributed by atoms with van der Waals surface area (Å²) in [7, 11) is 0. The number of carbonyl (C=O) groups excluding carboxylic acids is 2. The summed E-state index contributed by atoms with van der Waals surface area (Å²) in [6.07, 6.45) is 0.981. The van der Waals surface area contributed by atoms with E-state index in [0.717, 1.165) is 4.21 Å². The first-order valence-electron chi connectivity index (χ1n) is 6.73. The largest absolute Gasteiger partial charge is 0.302 e. The zero-order valence-corrected chi connectivity index (χ0v) is 13.7. The van der Waals surface area contributed by atoms with Gasteiger partial charge in [-0.1, -0.05) is 12.1 Å². The normalized spacial score (nSPS) is 17.9. The number of carbonyl (C=O) groups is 2. The third kappa shape index (κ3) is 2.85. The van der Waals surface area contributed by atoms with Gasteiger partial charge >= 0.3 is 0 Å². The lowest BCUT2D eigenvalue weighted by Gasteiger charge is -2.25. The van der Waals surface area contributed by atoms with Crippen molar-refractivity contribution in [3.8, 4) is 0 Å². The van der Waals surface area contributed by atoms with E-state index in [9.17, 15) is 19.2 Å². The van der Waals surface area contributed by atoms with Crippen molar-refractivity contribution >= 4 is 34.9 Å². The van der Waals surface area contributed by atoms with Crippen LogP contribution in [-0.4, -0.2) is 39.8 Å². The quantitative estimate of drug-likeness (QED) is 0.681. The molecule has 1 saturated heterocycles. The topological polar surface area (TPSA) is 60.9 Å². The molecule has 1 N–H and O–H groups in total. The Hall–Kier alpha value is -1.90. The Morgan fingerprint density at radius 2 is 2.09 bits per heavy atom. The van der Waals surface area contributed by atoms with Gasteiger partial charge in [0.2, 0.25) is 0 Å². The number of thioether (sulfide) groups is 1. The first-order valence-corrected chi connectivity index (χ1v) is 8.77. The smallest absolute Gasteiger partial charge is 0.267 e. The van der Waals surface area contributed by atoms with Gasteiger partial charge in [0.1, 0.15) is 12.4 Å². The predicted octanol–water partition coefficient (Wildman–Crippen LogP) is 2.98. The van der Waals surface area contributed by atoms with Crippen LogP contribution < -0.4 is 0 Å². The zero-order chi connectivity index (χ0) is 16.6. The highest BCUT2D eigenvalue weighted by Gasteiger charge is 2.42. The van der Waals surface area contributed by atoms with Crippen LogP contribution in [0.25, 0.3) is 0 Å². The standard InChI is InChI=1S/C15H13FN2O3S2/c1-22-13-7-6-11(23-13)14-17(8-12(19)18(14)21)15(20)9-4-2-3-5-10(9)16/h2-7,14,21H,8H2,1H3. The summed E-state index contributed by atoms with van der Waals surface area (Å²) in [5.41, 5.74) is -0.123. The SMILES string of the molecule is CSc1ccc(C2N(O)C(=O)CN2C(=O)c2ccccc2F)s1. The minimum absolute atomic E-state index is 0.123. The first kappa shape index (κ1) is 16.0. The lowest BCUT2D eigenvalue weighted by atomic mass is 10.2. The minimum atomic E-state index is -0.930. The third-order valence-corrected chi connectivity index (χ3v) is 5.72. The van der Waals surface area contributed by atoms with Gasteiger partial charge in [-0.25, -0.2) is 4.39 Å². The molecule has 8 heteroatoms. The molecule has 1 atom stereocenters. The van der Waals surface area contributed by atoms with Crippen molar-refractivity contribution in [3.63, 3.8) is 0 Å². The Kier molecular flexibility index (Phi) is 4.38. The van der Waals surface area contributed by atoms with Crippen LogP contribution in [0.1, 0.15) is 21.4 Å². The Balaban J connectivity index is 1.97. The van der Waals surface area contributed by atoms with E-state index < -0.39 is 23.8 Å². The molecule has 0 spiro atoms. The summed E-state index contributed by atoms with van der Waals surface area (Å²) in [5.74, 6) is -1.88. The van der Waals surface area contributed by atoms with Crippen LogP contribution in [0.5, 0.6) is 0 Å². The number of benzene rings is 1. The van der Waals surface area contributed by atoms with E-state index >= 15 is 0 Å². The van der Waals surface area contributed by atoms with Gasteiger partial charge in [0.25, 0.3) is 11.8 Å². The van der Waals surface area contributed by atoms with Gasteiger partial charge < -0.3 is 4.90 Å². The highest BCUT2D eigenvalue weighted by molar-refractivity contribution is 8.00. The molecule has 2 heterocycles. The van der Waals surface area contributed by atoms with Crippen molar-refractivity contribution in [3.05, 3.63) is 52.7 Å². The van der Waals surface area contributed by atoms with Crippen molar-refractivity contribution in [1.29, 1.82) is 0 Å². The van der Waals surface area contributed by atoms with Crippen LogP contribution in [0.4, 0.5) is 4.39 Å². The monoisotopic (exact) mass is 352 g/mol. The van der Waals surface area contributed by atoms with E-state index in [1.807, 2.05) is 12.3 Å². The Bertz CT molecular complexity index is 765. The van der Waals surface area contributed by atoms with Crippen molar-refractivity contribution in [2.24, 2.45) is 0 Å². The zero-order valence-electron chi connectivity index (χ0n) is 12.1. The molecule has 0 radical (unpaired) electrons. The summed E-state index contributed by atoms with van der Waals surface area (Å²) < 4.78 is 14.9. The predicted molar refractivity (Wildman–Crippen MR) is 84.9 cm³/mol. The first-order chi connectivity index (χ1) is 11.0. The number of halogens is 1. The van der Waals surface area contributed by atoms with Gasteiger partial charge in [0.05, 0.1) is 14.6 Å². The second-order valence-corrected chi connectivity index (χ2v) is 7.11. The number of thiophene rings is 1. The lowest BCUT2D eigenvalue weighted by Crippen LogP contribution is -2.34. The third-order valence-electron chi connectivity index (χ3n) is 3.51. The Labute approximate surface area is 140 Å². The second kappa shape index (κ2) is 6.31. The fourth-order valence-electron chi connectivity index (χ4n) is 2.40. The van der Waals surface area contributed by atoms with E-state index in [4.69, 9.17) is 0 Å². The molecule has 3 rings (SSSR count). The van der Waals surface area contributed by atoms with E-state index in [1.165, 1.54) is 46.2 Å². The van der Waals surface area contributed by atoms with Crippen molar-refractivity contribution in [2.45, 2.75) is 10.4 Å². The maximum Gasteiger partial charge on any atom is 0.267 e. The van der Waals surface area contributed by atoms with E-state index in [0.29, 0.717) is 9.94 Å². The molecule has 0 bridgehead atoms. The Morgan fingerprint density at radius 3 is 2.74 bits per heavy atom. The van der Waals surface area contributed by atoms with Crippen molar-refractivity contribution < 1.29 is 19.2 Å². The molecule has 0 aliphatic carbocycles. The number of hydrogen-bond acceptors (Lipinski definition) is 5. The molecule has 0 saturated carbocycles. The summed E-state index contributed by atoms with van der Waals surface area (Å²) in [5, 5.41) is 10.6. The minimum Gasteiger partial charge on any atom is -0.302 e. The van der Waals surface area contributed by atoms with Crippen LogP contribution in [0.3, 0.4) is 0 Å². The van der Waals surface area contributed by atoms with Gasteiger partial charge in [-0.3, -0.25) is 14.8 Å². The maximum atomic E-state index is 13.9. The maximum absolute atomic E-state index is 13.9. The fraction of sp³-hybridized carbons (Fsp3) is 0.200. The number of nitrogens with zero attached hydrogens (tertiary/aromatic N) is 2. The van der Waals surface area contributed by atoms with Crippen molar-refractivity contribution in [1.82, 2.24) is 9.96 Å². The summed E-state index contributed by atoms with van der Waals surface area (Å²) >= 11 is 2.91. The van der Waals surface area contributed by atoms with Gasteiger partial charge in [0.15, 0.2) is 6.17 Å². The number of amides is 2. The molecule has 1 aliphatic rings. The van der Waals surface area contributed by atoms with Crippen LogP contribution >= 0.6 is 23.1 Å². The van der Waals surface area contributed by atoms with Crippen LogP contribution in [0.2, 0.25) is 0 Å². The van der Waals surface area contributed by atoms with Crippen LogP contribution in [0, 0.1) is 5.82 Å². The molecule has 5 nitrogen and oxygen atoms in total. The molecule has 2 amide bonds. The molecular formula is C15H13FN2O3S2. The van der Waals surface area contributed by atoms with Gasteiger partial charge in [-0.15, -0.1) is 23.1 Å². The van der Waals surface area contributed by atoms with E-state index in [2.05, 4.69) is 0 Å². The molecule has 2 aromatic rings. The summed E-state index contributed by atoms with van der Waals surface area (Å²) in [6.45, 7) is -0.291. The molecule has 120 valence electrons. The molecule has 1 aromatic heterocycles.